The summed E-state index contributed by atoms with van der Waals surface area (Å²) in [5, 5.41) is 14.6. The maximum absolute atomic E-state index is 12.5. The van der Waals surface area contributed by atoms with E-state index in [-0.39, 0.29) is 11.9 Å². The number of ether oxygens (including phenoxy) is 2. The lowest BCUT2D eigenvalue weighted by Gasteiger charge is -2.30. The van der Waals surface area contributed by atoms with Crippen molar-refractivity contribution in [3.63, 3.8) is 0 Å². The van der Waals surface area contributed by atoms with E-state index in [1.165, 1.54) is 0 Å². The summed E-state index contributed by atoms with van der Waals surface area (Å²) in [7, 11) is 1.77. The lowest BCUT2D eigenvalue weighted by atomic mass is 10.1. The van der Waals surface area contributed by atoms with Gasteiger partial charge in [0, 0.05) is 7.05 Å². The Morgan fingerprint density at radius 2 is 1.92 bits per heavy atom. The number of aryl methyl sites for hydroxylation is 2. The lowest BCUT2D eigenvalue weighted by molar-refractivity contribution is -0.128. The molecule has 1 aliphatic rings. The van der Waals surface area contributed by atoms with Crippen molar-refractivity contribution in [2.24, 2.45) is 7.05 Å². The number of fused-ring (bicyclic) bond motifs is 1. The van der Waals surface area contributed by atoms with Gasteiger partial charge in [0.25, 0.3) is 11.8 Å². The molecule has 0 saturated heterocycles. The Bertz CT molecular complexity index is 964. The summed E-state index contributed by atoms with van der Waals surface area (Å²) in [4.78, 5) is 12.5. The minimum atomic E-state index is -0.834. The van der Waals surface area contributed by atoms with E-state index in [0.29, 0.717) is 17.2 Å². The first kappa shape index (κ1) is 16.1. The van der Waals surface area contributed by atoms with E-state index < -0.39 is 18.1 Å². The van der Waals surface area contributed by atoms with Crippen LogP contribution in [0.1, 0.15) is 12.6 Å². The molecule has 1 amide bonds. The summed E-state index contributed by atoms with van der Waals surface area (Å²) in [6.07, 6.45) is -1.30. The number of carbonyl (C=O) groups is 1. The molecule has 4 rings (SSSR count). The third-order valence-electron chi connectivity index (χ3n) is 3.98. The highest BCUT2D eigenvalue weighted by Gasteiger charge is 2.34. The normalized spacial score (nSPS) is 18.6. The number of hydrogen-bond acceptors (Lipinski definition) is 7. The molecule has 26 heavy (non-hydrogen) atoms. The molecule has 0 radical (unpaired) electrons. The molecular formula is C17H17N5O4. The van der Waals surface area contributed by atoms with Crippen LogP contribution in [0.15, 0.2) is 34.7 Å². The highest BCUT2D eigenvalue weighted by Crippen LogP contribution is 2.33. The van der Waals surface area contributed by atoms with E-state index in [2.05, 4.69) is 20.6 Å². The Morgan fingerprint density at radius 3 is 2.62 bits per heavy atom. The van der Waals surface area contributed by atoms with Gasteiger partial charge in [-0.3, -0.25) is 14.8 Å². The molecule has 2 atom stereocenters. The first-order chi connectivity index (χ1) is 12.5. The topological polar surface area (TPSA) is 104 Å². The van der Waals surface area contributed by atoms with Crippen LogP contribution in [-0.4, -0.2) is 38.1 Å². The van der Waals surface area contributed by atoms with Gasteiger partial charge < -0.3 is 13.9 Å². The molecule has 0 bridgehead atoms. The zero-order chi connectivity index (χ0) is 18.3. The zero-order valence-corrected chi connectivity index (χ0v) is 14.5. The highest BCUT2D eigenvalue weighted by molar-refractivity contribution is 5.93. The molecule has 1 aromatic carbocycles. The molecule has 0 spiro atoms. The number of nitrogens with one attached hydrogen (secondary N) is 1. The van der Waals surface area contributed by atoms with Gasteiger partial charge in [0.05, 0.1) is 5.69 Å². The molecule has 0 fully saturated rings. The third kappa shape index (κ3) is 2.87. The SMILES string of the molecule is Cc1cc(-c2nnc(NC(=O)[C@@H]3Oc4ccccc4O[C@@H]3C)o2)n(C)n1. The fraction of sp³-hybridized carbons (Fsp3) is 0.294. The molecule has 1 aliphatic heterocycles. The van der Waals surface area contributed by atoms with E-state index in [4.69, 9.17) is 13.9 Å². The Morgan fingerprint density at radius 1 is 1.19 bits per heavy atom. The van der Waals surface area contributed by atoms with Crippen molar-refractivity contribution in [3.05, 3.63) is 36.0 Å². The van der Waals surface area contributed by atoms with Gasteiger partial charge in [-0.05, 0) is 32.0 Å². The van der Waals surface area contributed by atoms with Crippen molar-refractivity contribution in [1.82, 2.24) is 20.0 Å². The average Bonchev–Trinajstić information content (AvgIpc) is 3.19. The van der Waals surface area contributed by atoms with Crippen molar-refractivity contribution in [1.29, 1.82) is 0 Å². The minimum absolute atomic E-state index is 0.0153. The molecule has 9 nitrogen and oxygen atoms in total. The summed E-state index contributed by atoms with van der Waals surface area (Å²) >= 11 is 0. The van der Waals surface area contributed by atoms with Gasteiger partial charge in [-0.1, -0.05) is 17.2 Å². The van der Waals surface area contributed by atoms with Crippen LogP contribution in [0.4, 0.5) is 6.01 Å². The average molecular weight is 355 g/mol. The highest BCUT2D eigenvalue weighted by atomic mass is 16.6. The number of benzene rings is 1. The third-order valence-corrected chi connectivity index (χ3v) is 3.98. The molecule has 2 aromatic heterocycles. The number of amides is 1. The fourth-order valence-electron chi connectivity index (χ4n) is 2.77. The smallest absolute Gasteiger partial charge is 0.322 e. The lowest BCUT2D eigenvalue weighted by Crippen LogP contribution is -2.46. The molecule has 9 heteroatoms. The second-order valence-electron chi connectivity index (χ2n) is 6.00. The second kappa shape index (κ2) is 6.17. The summed E-state index contributed by atoms with van der Waals surface area (Å²) in [6.45, 7) is 3.63. The van der Waals surface area contributed by atoms with Crippen LogP contribution in [0.5, 0.6) is 11.5 Å². The first-order valence-electron chi connectivity index (χ1n) is 8.09. The van der Waals surface area contributed by atoms with E-state index in [1.807, 2.05) is 25.1 Å². The Hall–Kier alpha value is -3.36. The molecule has 0 aliphatic carbocycles. The predicted molar refractivity (Wildman–Crippen MR) is 90.8 cm³/mol. The Labute approximate surface area is 148 Å². The van der Waals surface area contributed by atoms with Crippen LogP contribution in [0.3, 0.4) is 0 Å². The van der Waals surface area contributed by atoms with Gasteiger partial charge in [0.2, 0.25) is 6.10 Å². The monoisotopic (exact) mass is 355 g/mol. The number of carbonyl (C=O) groups excluding carboxylic acids is 1. The van der Waals surface area contributed by atoms with Gasteiger partial charge in [0.15, 0.2) is 11.5 Å². The van der Waals surface area contributed by atoms with Gasteiger partial charge in [0.1, 0.15) is 11.8 Å². The number of nitrogens with zero attached hydrogens (tertiary/aromatic N) is 4. The van der Waals surface area contributed by atoms with Crippen molar-refractivity contribution in [2.75, 3.05) is 5.32 Å². The summed E-state index contributed by atoms with van der Waals surface area (Å²) in [6, 6.07) is 8.99. The maximum Gasteiger partial charge on any atom is 0.322 e. The van der Waals surface area contributed by atoms with E-state index in [9.17, 15) is 4.79 Å². The van der Waals surface area contributed by atoms with Crippen molar-refractivity contribution >= 4 is 11.9 Å². The molecule has 1 N–H and O–H groups in total. The predicted octanol–water partition coefficient (Wildman–Crippen LogP) is 1.95. The molecular weight excluding hydrogens is 338 g/mol. The van der Waals surface area contributed by atoms with Crippen LogP contribution in [0.2, 0.25) is 0 Å². The number of rotatable bonds is 3. The van der Waals surface area contributed by atoms with Crippen LogP contribution < -0.4 is 14.8 Å². The molecule has 134 valence electrons. The van der Waals surface area contributed by atoms with Crippen molar-refractivity contribution in [3.8, 4) is 23.1 Å². The van der Waals surface area contributed by atoms with E-state index >= 15 is 0 Å². The Balaban J connectivity index is 1.50. The molecule has 3 aromatic rings. The zero-order valence-electron chi connectivity index (χ0n) is 14.5. The largest absolute Gasteiger partial charge is 0.482 e. The number of para-hydroxylation sites is 2. The van der Waals surface area contributed by atoms with Crippen LogP contribution in [0, 0.1) is 6.92 Å². The quantitative estimate of drug-likeness (QED) is 0.765. The molecule has 0 saturated carbocycles. The van der Waals surface area contributed by atoms with Gasteiger partial charge in [-0.2, -0.15) is 5.10 Å². The maximum atomic E-state index is 12.5. The summed E-state index contributed by atoms with van der Waals surface area (Å²) < 4.78 is 18.6. The van der Waals surface area contributed by atoms with Gasteiger partial charge in [-0.25, -0.2) is 0 Å². The molecule has 0 unspecified atom stereocenters. The first-order valence-corrected chi connectivity index (χ1v) is 8.09. The number of anilines is 1. The minimum Gasteiger partial charge on any atom is -0.482 e. The molecule has 3 heterocycles. The summed E-state index contributed by atoms with van der Waals surface area (Å²) in [5.41, 5.74) is 1.49. The number of hydrogen-bond donors (Lipinski definition) is 1. The van der Waals surface area contributed by atoms with Crippen LogP contribution in [-0.2, 0) is 11.8 Å². The van der Waals surface area contributed by atoms with Gasteiger partial charge >= 0.3 is 6.01 Å². The standard InChI is InChI=1S/C17H17N5O4/c1-9-8-11(22(3)21-9)16-19-20-17(26-16)18-15(23)14-10(2)24-12-6-4-5-7-13(12)25-14/h4-8,10,14H,1-3H3,(H,18,20,23)/t10-,14-/m1/s1. The second-order valence-corrected chi connectivity index (χ2v) is 6.00. The van der Waals surface area contributed by atoms with E-state index in [0.717, 1.165) is 5.69 Å². The fourth-order valence-corrected chi connectivity index (χ4v) is 2.77. The van der Waals surface area contributed by atoms with Gasteiger partial charge in [-0.15, -0.1) is 5.10 Å². The van der Waals surface area contributed by atoms with Crippen LogP contribution in [0.25, 0.3) is 11.6 Å². The van der Waals surface area contributed by atoms with Crippen molar-refractivity contribution in [2.45, 2.75) is 26.1 Å². The number of aromatic nitrogens is 4. The van der Waals surface area contributed by atoms with E-state index in [1.54, 1.807) is 30.8 Å². The Kier molecular flexibility index (Phi) is 3.83. The summed E-state index contributed by atoms with van der Waals surface area (Å²) in [5.74, 6) is 0.962. The van der Waals surface area contributed by atoms with Crippen molar-refractivity contribution < 1.29 is 18.7 Å². The van der Waals surface area contributed by atoms with Crippen LogP contribution >= 0.6 is 0 Å².